The third kappa shape index (κ3) is 3.52. The largest absolute Gasteiger partial charge is 0.387 e. The Balaban J connectivity index is 2.51. The molecule has 5 heteroatoms. The van der Waals surface area contributed by atoms with Crippen LogP contribution >= 0.6 is 0 Å². The SMILES string of the molecule is CN(C)CC(C)(O)Cn1cnnc1. The molecule has 0 aliphatic heterocycles. The Morgan fingerprint density at radius 3 is 2.38 bits per heavy atom. The smallest absolute Gasteiger partial charge is 0.119 e. The van der Waals surface area contributed by atoms with E-state index in [1.165, 1.54) is 0 Å². The molecule has 0 amide bonds. The van der Waals surface area contributed by atoms with Crippen molar-refractivity contribution in [2.45, 2.75) is 19.1 Å². The number of rotatable bonds is 4. The molecule has 0 bridgehead atoms. The van der Waals surface area contributed by atoms with Gasteiger partial charge in [0.2, 0.25) is 0 Å². The van der Waals surface area contributed by atoms with Gasteiger partial charge >= 0.3 is 0 Å². The minimum absolute atomic E-state index is 0.512. The molecule has 13 heavy (non-hydrogen) atoms. The second-order valence-electron chi connectivity index (χ2n) is 3.87. The van der Waals surface area contributed by atoms with Crippen molar-refractivity contribution < 1.29 is 5.11 Å². The van der Waals surface area contributed by atoms with Crippen LogP contribution in [0.5, 0.6) is 0 Å². The van der Waals surface area contributed by atoms with E-state index in [1.54, 1.807) is 24.1 Å². The average molecular weight is 184 g/mol. The van der Waals surface area contributed by atoms with Crippen LogP contribution in [0.4, 0.5) is 0 Å². The fourth-order valence-corrected chi connectivity index (χ4v) is 1.43. The van der Waals surface area contributed by atoms with Crippen LogP contribution in [0.1, 0.15) is 6.92 Å². The summed E-state index contributed by atoms with van der Waals surface area (Å²) in [6, 6.07) is 0. The van der Waals surface area contributed by atoms with Crippen LogP contribution in [-0.2, 0) is 6.54 Å². The zero-order valence-electron chi connectivity index (χ0n) is 8.30. The first-order chi connectivity index (χ1) is 5.99. The van der Waals surface area contributed by atoms with Crippen LogP contribution in [0.3, 0.4) is 0 Å². The van der Waals surface area contributed by atoms with E-state index in [1.807, 2.05) is 19.0 Å². The normalized spacial score (nSPS) is 16.1. The van der Waals surface area contributed by atoms with Gasteiger partial charge in [0.1, 0.15) is 12.7 Å². The Morgan fingerprint density at radius 1 is 1.38 bits per heavy atom. The molecule has 1 aromatic rings. The number of hydrogen-bond donors (Lipinski definition) is 1. The molecule has 1 N–H and O–H groups in total. The van der Waals surface area contributed by atoms with Crippen molar-refractivity contribution in [3.8, 4) is 0 Å². The number of likely N-dealkylation sites (N-methyl/N-ethyl adjacent to an activating group) is 1. The standard InChI is InChI=1S/C8H16N4O/c1-8(13,4-11(2)3)5-12-6-9-10-7-12/h6-7,13H,4-5H2,1-3H3. The molecular formula is C8H16N4O. The first-order valence-electron chi connectivity index (χ1n) is 4.19. The quantitative estimate of drug-likeness (QED) is 0.691. The lowest BCUT2D eigenvalue weighted by Gasteiger charge is -2.26. The summed E-state index contributed by atoms with van der Waals surface area (Å²) in [6.45, 7) is 2.93. The van der Waals surface area contributed by atoms with Crippen molar-refractivity contribution >= 4 is 0 Å². The summed E-state index contributed by atoms with van der Waals surface area (Å²) in [5, 5.41) is 17.3. The summed E-state index contributed by atoms with van der Waals surface area (Å²) < 4.78 is 1.77. The van der Waals surface area contributed by atoms with Gasteiger partial charge in [-0.2, -0.15) is 0 Å². The van der Waals surface area contributed by atoms with Gasteiger partial charge in [-0.3, -0.25) is 0 Å². The molecule has 1 aromatic heterocycles. The highest BCUT2D eigenvalue weighted by Gasteiger charge is 2.21. The Hall–Kier alpha value is -0.940. The molecule has 0 aliphatic carbocycles. The van der Waals surface area contributed by atoms with Crippen LogP contribution in [0.25, 0.3) is 0 Å². The summed E-state index contributed by atoms with van der Waals surface area (Å²) in [6.07, 6.45) is 3.20. The lowest BCUT2D eigenvalue weighted by molar-refractivity contribution is 0.0175. The summed E-state index contributed by atoms with van der Waals surface area (Å²) in [7, 11) is 3.86. The van der Waals surface area contributed by atoms with Crippen molar-refractivity contribution in [1.29, 1.82) is 0 Å². The molecule has 0 radical (unpaired) electrons. The Bertz CT molecular complexity index is 243. The number of nitrogens with zero attached hydrogens (tertiary/aromatic N) is 4. The van der Waals surface area contributed by atoms with Crippen LogP contribution in [-0.4, -0.2) is 51.0 Å². The molecule has 0 fully saturated rings. The fraction of sp³-hybridized carbons (Fsp3) is 0.750. The molecule has 0 saturated heterocycles. The third-order valence-electron chi connectivity index (χ3n) is 1.65. The summed E-state index contributed by atoms with van der Waals surface area (Å²) in [4.78, 5) is 1.95. The van der Waals surface area contributed by atoms with E-state index in [0.29, 0.717) is 13.1 Å². The maximum atomic E-state index is 9.94. The summed E-state index contributed by atoms with van der Waals surface area (Å²) in [5.74, 6) is 0. The monoisotopic (exact) mass is 184 g/mol. The second kappa shape index (κ2) is 3.85. The Labute approximate surface area is 78.0 Å². The van der Waals surface area contributed by atoms with Gasteiger partial charge in [0.15, 0.2) is 0 Å². The van der Waals surface area contributed by atoms with Crippen LogP contribution in [0, 0.1) is 0 Å². The van der Waals surface area contributed by atoms with Gasteiger partial charge in [0.25, 0.3) is 0 Å². The van der Waals surface area contributed by atoms with E-state index in [2.05, 4.69) is 10.2 Å². The Morgan fingerprint density at radius 2 is 1.92 bits per heavy atom. The molecule has 1 unspecified atom stereocenters. The summed E-state index contributed by atoms with van der Waals surface area (Å²) in [5.41, 5.74) is -0.744. The van der Waals surface area contributed by atoms with E-state index < -0.39 is 5.60 Å². The highest BCUT2D eigenvalue weighted by Crippen LogP contribution is 2.07. The van der Waals surface area contributed by atoms with Gasteiger partial charge < -0.3 is 14.6 Å². The van der Waals surface area contributed by atoms with E-state index >= 15 is 0 Å². The van der Waals surface area contributed by atoms with Crippen molar-refractivity contribution in [3.05, 3.63) is 12.7 Å². The second-order valence-corrected chi connectivity index (χ2v) is 3.87. The predicted molar refractivity (Wildman–Crippen MR) is 49.2 cm³/mol. The van der Waals surface area contributed by atoms with Crippen molar-refractivity contribution in [2.24, 2.45) is 0 Å². The van der Waals surface area contributed by atoms with Gasteiger partial charge in [0.05, 0.1) is 12.1 Å². The number of aliphatic hydroxyl groups is 1. The van der Waals surface area contributed by atoms with Gasteiger partial charge in [-0.05, 0) is 21.0 Å². The zero-order chi connectivity index (χ0) is 9.90. The Kier molecular flexibility index (Phi) is 3.00. The molecule has 5 nitrogen and oxygen atoms in total. The van der Waals surface area contributed by atoms with E-state index in [4.69, 9.17) is 0 Å². The first-order valence-corrected chi connectivity index (χ1v) is 4.19. The lowest BCUT2D eigenvalue weighted by Crippen LogP contribution is -2.40. The van der Waals surface area contributed by atoms with Crippen LogP contribution in [0.2, 0.25) is 0 Å². The van der Waals surface area contributed by atoms with E-state index in [-0.39, 0.29) is 0 Å². The molecule has 1 heterocycles. The molecule has 0 saturated carbocycles. The maximum Gasteiger partial charge on any atom is 0.119 e. The minimum atomic E-state index is -0.744. The average Bonchev–Trinajstić information content (AvgIpc) is 2.34. The van der Waals surface area contributed by atoms with E-state index in [0.717, 1.165) is 0 Å². The topological polar surface area (TPSA) is 54.2 Å². The zero-order valence-corrected chi connectivity index (χ0v) is 8.30. The van der Waals surface area contributed by atoms with Crippen LogP contribution in [0.15, 0.2) is 12.7 Å². The molecule has 0 aromatic carbocycles. The molecule has 0 spiro atoms. The number of hydrogen-bond acceptors (Lipinski definition) is 4. The predicted octanol–water partition coefficient (Wildman–Crippen LogP) is -0.409. The molecular weight excluding hydrogens is 168 g/mol. The van der Waals surface area contributed by atoms with E-state index in [9.17, 15) is 5.11 Å². The van der Waals surface area contributed by atoms with Crippen molar-refractivity contribution in [2.75, 3.05) is 20.6 Å². The molecule has 1 atom stereocenters. The van der Waals surface area contributed by atoms with Gasteiger partial charge in [-0.25, -0.2) is 0 Å². The van der Waals surface area contributed by atoms with Crippen molar-refractivity contribution in [1.82, 2.24) is 19.7 Å². The highest BCUT2D eigenvalue weighted by atomic mass is 16.3. The van der Waals surface area contributed by atoms with Crippen LogP contribution < -0.4 is 0 Å². The maximum absolute atomic E-state index is 9.94. The van der Waals surface area contributed by atoms with Crippen molar-refractivity contribution in [3.63, 3.8) is 0 Å². The number of aromatic nitrogens is 3. The summed E-state index contributed by atoms with van der Waals surface area (Å²) >= 11 is 0. The molecule has 0 aliphatic rings. The molecule has 74 valence electrons. The van der Waals surface area contributed by atoms with Gasteiger partial charge in [0, 0.05) is 6.54 Å². The third-order valence-corrected chi connectivity index (χ3v) is 1.65. The first kappa shape index (κ1) is 10.1. The lowest BCUT2D eigenvalue weighted by atomic mass is 10.1. The molecule has 1 rings (SSSR count). The minimum Gasteiger partial charge on any atom is -0.387 e. The van der Waals surface area contributed by atoms with Gasteiger partial charge in [-0.1, -0.05) is 0 Å². The highest BCUT2D eigenvalue weighted by molar-refractivity contribution is 4.77. The fourth-order valence-electron chi connectivity index (χ4n) is 1.43. The van der Waals surface area contributed by atoms with Gasteiger partial charge in [-0.15, -0.1) is 10.2 Å².